The summed E-state index contributed by atoms with van der Waals surface area (Å²) in [7, 11) is -4.09. The molecule has 8 heteroatoms. The van der Waals surface area contributed by atoms with Crippen LogP contribution in [0.4, 0.5) is 10.1 Å². The van der Waals surface area contributed by atoms with E-state index in [1.165, 1.54) is 61.2 Å². The predicted molar refractivity (Wildman–Crippen MR) is 102 cm³/mol. The van der Waals surface area contributed by atoms with Crippen molar-refractivity contribution in [3.63, 3.8) is 0 Å². The number of anilines is 1. The van der Waals surface area contributed by atoms with Crippen molar-refractivity contribution in [2.45, 2.75) is 18.2 Å². The van der Waals surface area contributed by atoms with Gasteiger partial charge in [-0.1, -0.05) is 36.0 Å². The van der Waals surface area contributed by atoms with Crippen LogP contribution >= 0.6 is 11.8 Å². The molecule has 0 saturated carbocycles. The Labute approximate surface area is 156 Å². The van der Waals surface area contributed by atoms with Crippen LogP contribution < -0.4 is 4.31 Å². The van der Waals surface area contributed by atoms with Gasteiger partial charge in [-0.25, -0.2) is 17.1 Å². The first-order valence-electron chi connectivity index (χ1n) is 7.99. The molecule has 0 bridgehead atoms. The molecule has 0 amide bonds. The Morgan fingerprint density at radius 3 is 2.42 bits per heavy atom. The van der Waals surface area contributed by atoms with Gasteiger partial charge in [0.2, 0.25) is 0 Å². The normalized spacial score (nSPS) is 14.6. The Balaban J connectivity index is 2.12. The van der Waals surface area contributed by atoms with Gasteiger partial charge in [-0.15, -0.1) is 0 Å². The average molecular weight is 392 g/mol. The number of carbonyl (C=O) groups excluding carboxylic acids is 1. The maximum Gasteiger partial charge on any atom is 0.270 e. The Kier molecular flexibility index (Phi) is 5.43. The quantitative estimate of drug-likeness (QED) is 0.744. The zero-order chi connectivity index (χ0) is 18.7. The minimum Gasteiger partial charge on any atom is -0.295 e. The molecule has 136 valence electrons. The van der Waals surface area contributed by atoms with E-state index in [2.05, 4.69) is 4.99 Å². The van der Waals surface area contributed by atoms with Gasteiger partial charge in [-0.2, -0.15) is 0 Å². The third-order valence-electron chi connectivity index (χ3n) is 3.82. The number of nitrogens with zero attached hydrogens (tertiary/aromatic N) is 2. The van der Waals surface area contributed by atoms with E-state index in [4.69, 9.17) is 0 Å². The zero-order valence-electron chi connectivity index (χ0n) is 14.1. The zero-order valence-corrected chi connectivity index (χ0v) is 15.7. The maximum atomic E-state index is 14.4. The van der Waals surface area contributed by atoms with Crippen LogP contribution in [0.2, 0.25) is 0 Å². The number of hydrogen-bond acceptors (Lipinski definition) is 5. The second kappa shape index (κ2) is 7.59. The van der Waals surface area contributed by atoms with Crippen molar-refractivity contribution in [3.05, 3.63) is 59.9 Å². The Morgan fingerprint density at radius 2 is 1.85 bits per heavy atom. The molecule has 0 atom stereocenters. The minimum atomic E-state index is -4.09. The summed E-state index contributed by atoms with van der Waals surface area (Å²) in [6, 6.07) is 11.3. The Hall–Kier alpha value is -2.19. The molecule has 0 radical (unpaired) electrons. The molecule has 1 aliphatic rings. The van der Waals surface area contributed by atoms with Gasteiger partial charge in [0.1, 0.15) is 5.82 Å². The number of hydrogen-bond donors (Lipinski definition) is 0. The molecule has 3 rings (SSSR count). The first-order chi connectivity index (χ1) is 12.4. The van der Waals surface area contributed by atoms with Crippen molar-refractivity contribution in [1.82, 2.24) is 0 Å². The van der Waals surface area contributed by atoms with Gasteiger partial charge < -0.3 is 0 Å². The van der Waals surface area contributed by atoms with Gasteiger partial charge in [0.15, 0.2) is 11.0 Å². The van der Waals surface area contributed by atoms with Gasteiger partial charge in [-0.3, -0.25) is 9.79 Å². The number of Topliss-reactive ketones (excluding diaryl/α,β-unsaturated/α-hetero) is 1. The molecular formula is C18H17FN2O3S2. The summed E-state index contributed by atoms with van der Waals surface area (Å²) in [5.74, 6) is -0.0970. The fourth-order valence-corrected chi connectivity index (χ4v) is 5.16. The summed E-state index contributed by atoms with van der Waals surface area (Å²) < 4.78 is 41.8. The second-order valence-corrected chi connectivity index (χ2v) is 8.52. The van der Waals surface area contributed by atoms with E-state index in [0.717, 1.165) is 10.7 Å². The number of rotatable bonds is 4. The molecular weight excluding hydrogens is 375 g/mol. The summed E-state index contributed by atoms with van der Waals surface area (Å²) in [5.41, 5.74) is 0.335. The fourth-order valence-electron chi connectivity index (χ4n) is 2.49. The Morgan fingerprint density at radius 1 is 1.15 bits per heavy atom. The van der Waals surface area contributed by atoms with Crippen LogP contribution in [0.3, 0.4) is 0 Å². The molecule has 0 aliphatic carbocycles. The van der Waals surface area contributed by atoms with E-state index in [1.807, 2.05) is 0 Å². The molecule has 1 heterocycles. The highest BCUT2D eigenvalue weighted by molar-refractivity contribution is 8.15. The molecule has 0 fully saturated rings. The monoisotopic (exact) mass is 392 g/mol. The highest BCUT2D eigenvalue weighted by Gasteiger charge is 2.32. The molecule has 2 aromatic rings. The third-order valence-corrected chi connectivity index (χ3v) is 6.72. The summed E-state index contributed by atoms with van der Waals surface area (Å²) >= 11 is 1.28. The Bertz CT molecular complexity index is 957. The number of carbonyl (C=O) groups is 1. The molecule has 26 heavy (non-hydrogen) atoms. The molecule has 0 unspecified atom stereocenters. The van der Waals surface area contributed by atoms with Crippen LogP contribution in [0.1, 0.15) is 23.7 Å². The van der Waals surface area contributed by atoms with E-state index in [0.29, 0.717) is 17.9 Å². The van der Waals surface area contributed by atoms with Crippen molar-refractivity contribution in [2.24, 2.45) is 4.99 Å². The number of ketones is 1. The van der Waals surface area contributed by atoms with E-state index in [1.54, 1.807) is 6.07 Å². The van der Waals surface area contributed by atoms with E-state index in [9.17, 15) is 17.6 Å². The van der Waals surface area contributed by atoms with Crippen LogP contribution in [0, 0.1) is 5.82 Å². The summed E-state index contributed by atoms with van der Waals surface area (Å²) in [4.78, 5) is 15.7. The van der Waals surface area contributed by atoms with Gasteiger partial charge in [0.25, 0.3) is 10.0 Å². The number of halogens is 1. The fraction of sp³-hybridized carbons (Fsp3) is 0.222. The van der Waals surface area contributed by atoms with E-state index < -0.39 is 15.8 Å². The summed E-state index contributed by atoms with van der Waals surface area (Å²) in [6.07, 6.45) is 0.840. The first kappa shape index (κ1) is 18.6. The average Bonchev–Trinajstić information content (AvgIpc) is 2.64. The minimum absolute atomic E-state index is 0.0281. The number of amidine groups is 1. The molecule has 0 saturated heterocycles. The first-order valence-corrected chi connectivity index (χ1v) is 10.4. The number of thioether (sulfide) groups is 1. The lowest BCUT2D eigenvalue weighted by molar-refractivity contribution is 0.101. The molecule has 0 spiro atoms. The molecule has 5 nitrogen and oxygen atoms in total. The third kappa shape index (κ3) is 3.66. The van der Waals surface area contributed by atoms with Crippen LogP contribution in [0.15, 0.2) is 58.4 Å². The largest absolute Gasteiger partial charge is 0.295 e. The number of para-hydroxylation sites is 1. The lowest BCUT2D eigenvalue weighted by atomic mass is 10.2. The topological polar surface area (TPSA) is 66.8 Å². The lowest BCUT2D eigenvalue weighted by Crippen LogP contribution is -2.37. The van der Waals surface area contributed by atoms with Crippen molar-refractivity contribution >= 4 is 38.4 Å². The summed E-state index contributed by atoms with van der Waals surface area (Å²) in [6.45, 7) is 1.90. The molecule has 2 aromatic carbocycles. The molecule has 0 aromatic heterocycles. The van der Waals surface area contributed by atoms with Crippen molar-refractivity contribution in [2.75, 3.05) is 16.6 Å². The predicted octanol–water partition coefficient (Wildman–Crippen LogP) is 3.72. The SMILES string of the molecule is CC(=O)c1ccc(S(=O)(=O)N(C2=NCCCS2)c2ccccc2F)cc1. The smallest absolute Gasteiger partial charge is 0.270 e. The number of sulfonamides is 1. The van der Waals surface area contributed by atoms with Gasteiger partial charge in [0.05, 0.1) is 10.6 Å². The van der Waals surface area contributed by atoms with Gasteiger partial charge in [0, 0.05) is 17.9 Å². The van der Waals surface area contributed by atoms with Crippen LogP contribution in [-0.2, 0) is 10.0 Å². The van der Waals surface area contributed by atoms with Crippen LogP contribution in [-0.4, -0.2) is 31.7 Å². The van der Waals surface area contributed by atoms with Gasteiger partial charge in [-0.05, 0) is 37.6 Å². The number of benzene rings is 2. The second-order valence-electron chi connectivity index (χ2n) is 5.67. The lowest BCUT2D eigenvalue weighted by Gasteiger charge is -2.27. The standard InChI is InChI=1S/C18H17FN2O3S2/c1-13(22)14-7-9-15(10-8-14)26(23,24)21(18-20-11-4-12-25-18)17-6-3-2-5-16(17)19/h2-3,5-10H,4,11-12H2,1H3. The highest BCUT2D eigenvalue weighted by Crippen LogP contribution is 2.31. The van der Waals surface area contributed by atoms with Crippen molar-refractivity contribution in [3.8, 4) is 0 Å². The van der Waals surface area contributed by atoms with Crippen LogP contribution in [0.5, 0.6) is 0 Å². The summed E-state index contributed by atoms with van der Waals surface area (Å²) in [5, 5.41) is 0.247. The van der Waals surface area contributed by atoms with Gasteiger partial charge >= 0.3 is 0 Å². The van der Waals surface area contributed by atoms with E-state index >= 15 is 0 Å². The molecule has 1 aliphatic heterocycles. The van der Waals surface area contributed by atoms with Crippen molar-refractivity contribution < 1.29 is 17.6 Å². The van der Waals surface area contributed by atoms with Crippen molar-refractivity contribution in [1.29, 1.82) is 0 Å². The van der Waals surface area contributed by atoms with E-state index in [-0.39, 0.29) is 21.5 Å². The van der Waals surface area contributed by atoms with Crippen LogP contribution in [0.25, 0.3) is 0 Å². The highest BCUT2D eigenvalue weighted by atomic mass is 32.2. The number of aliphatic imine (C=N–C) groups is 1. The maximum absolute atomic E-state index is 14.4. The molecule has 0 N–H and O–H groups in total.